The number of anilines is 1. The van der Waals surface area contributed by atoms with Crippen LogP contribution in [0, 0.1) is 5.92 Å². The molecule has 0 spiro atoms. The van der Waals surface area contributed by atoms with E-state index in [-0.39, 0.29) is 12.0 Å². The van der Waals surface area contributed by atoms with Gasteiger partial charge in [0.15, 0.2) is 5.96 Å². The lowest BCUT2D eigenvalue weighted by Crippen LogP contribution is -2.48. The third-order valence-corrected chi connectivity index (χ3v) is 6.76. The molecule has 0 bridgehead atoms. The molecule has 2 atom stereocenters. The monoisotopic (exact) mass is 404 g/mol. The van der Waals surface area contributed by atoms with Gasteiger partial charge in [0.25, 0.3) is 5.91 Å². The van der Waals surface area contributed by atoms with E-state index in [9.17, 15) is 4.79 Å². The molecule has 2 saturated heterocycles. The van der Waals surface area contributed by atoms with Gasteiger partial charge in [-0.25, -0.2) is 0 Å². The second-order valence-corrected chi connectivity index (χ2v) is 9.04. The molecule has 2 unspecified atom stereocenters. The SMILES string of the molecule is CN=C(NCc1cccc(NC(=O)C2CCCO2)c1)N1CCSC(C(C)C)C1. The highest BCUT2D eigenvalue weighted by Gasteiger charge is 2.25. The normalized spacial score (nSPS) is 23.1. The van der Waals surface area contributed by atoms with Crippen molar-refractivity contribution in [1.82, 2.24) is 10.2 Å². The number of carbonyl (C=O) groups excluding carboxylic acids is 1. The van der Waals surface area contributed by atoms with Crippen molar-refractivity contribution in [2.24, 2.45) is 10.9 Å². The maximum Gasteiger partial charge on any atom is 0.253 e. The lowest BCUT2D eigenvalue weighted by molar-refractivity contribution is -0.124. The molecule has 7 heteroatoms. The van der Waals surface area contributed by atoms with E-state index in [1.165, 1.54) is 0 Å². The summed E-state index contributed by atoms with van der Waals surface area (Å²) in [6.07, 6.45) is 1.44. The molecule has 0 saturated carbocycles. The summed E-state index contributed by atoms with van der Waals surface area (Å²) in [4.78, 5) is 19.1. The number of carbonyl (C=O) groups is 1. The fraction of sp³-hybridized carbons (Fsp3) is 0.619. The number of nitrogens with zero attached hydrogens (tertiary/aromatic N) is 2. The van der Waals surface area contributed by atoms with Crippen molar-refractivity contribution < 1.29 is 9.53 Å². The number of aliphatic imine (C=N–C) groups is 1. The predicted octanol–water partition coefficient (Wildman–Crippen LogP) is 2.95. The van der Waals surface area contributed by atoms with Gasteiger partial charge in [0.2, 0.25) is 0 Å². The van der Waals surface area contributed by atoms with Crippen LogP contribution in [0.5, 0.6) is 0 Å². The molecule has 28 heavy (non-hydrogen) atoms. The highest BCUT2D eigenvalue weighted by Crippen LogP contribution is 2.25. The van der Waals surface area contributed by atoms with E-state index in [1.54, 1.807) is 0 Å². The van der Waals surface area contributed by atoms with E-state index >= 15 is 0 Å². The Labute approximate surface area is 172 Å². The number of thioether (sulfide) groups is 1. The molecule has 2 fully saturated rings. The van der Waals surface area contributed by atoms with Gasteiger partial charge in [-0.2, -0.15) is 11.8 Å². The van der Waals surface area contributed by atoms with Gasteiger partial charge in [0.05, 0.1) is 0 Å². The first-order valence-electron chi connectivity index (χ1n) is 10.2. The second kappa shape index (κ2) is 10.2. The van der Waals surface area contributed by atoms with E-state index in [4.69, 9.17) is 4.74 Å². The Hall–Kier alpha value is -1.73. The Morgan fingerprint density at radius 3 is 3.00 bits per heavy atom. The summed E-state index contributed by atoms with van der Waals surface area (Å²) in [7, 11) is 1.84. The zero-order chi connectivity index (χ0) is 19.9. The van der Waals surface area contributed by atoms with Gasteiger partial charge in [0.1, 0.15) is 6.10 Å². The van der Waals surface area contributed by atoms with Crippen LogP contribution in [0.1, 0.15) is 32.3 Å². The summed E-state index contributed by atoms with van der Waals surface area (Å²) in [6.45, 7) is 7.96. The zero-order valence-electron chi connectivity index (χ0n) is 17.1. The molecule has 1 amide bonds. The van der Waals surface area contributed by atoms with Gasteiger partial charge in [-0.3, -0.25) is 9.79 Å². The van der Waals surface area contributed by atoms with Crippen molar-refractivity contribution in [2.75, 3.05) is 37.8 Å². The summed E-state index contributed by atoms with van der Waals surface area (Å²) in [6, 6.07) is 7.96. The molecular formula is C21H32N4O2S. The first-order chi connectivity index (χ1) is 13.6. The number of hydrogen-bond acceptors (Lipinski definition) is 4. The minimum atomic E-state index is -0.313. The maximum absolute atomic E-state index is 12.3. The smallest absolute Gasteiger partial charge is 0.253 e. The topological polar surface area (TPSA) is 66.0 Å². The van der Waals surface area contributed by atoms with Crippen LogP contribution >= 0.6 is 11.8 Å². The molecular weight excluding hydrogens is 372 g/mol. The fourth-order valence-corrected chi connectivity index (χ4v) is 4.85. The van der Waals surface area contributed by atoms with Gasteiger partial charge >= 0.3 is 0 Å². The molecule has 0 aromatic heterocycles. The molecule has 2 aliphatic heterocycles. The average Bonchev–Trinajstić information content (AvgIpc) is 3.24. The van der Waals surface area contributed by atoms with Crippen LogP contribution in [-0.2, 0) is 16.1 Å². The minimum Gasteiger partial charge on any atom is -0.368 e. The molecule has 6 nitrogen and oxygen atoms in total. The minimum absolute atomic E-state index is 0.0519. The Morgan fingerprint density at radius 1 is 1.43 bits per heavy atom. The van der Waals surface area contributed by atoms with E-state index < -0.39 is 0 Å². The first-order valence-corrected chi connectivity index (χ1v) is 11.2. The lowest BCUT2D eigenvalue weighted by atomic mass is 10.1. The highest BCUT2D eigenvalue weighted by atomic mass is 32.2. The summed E-state index contributed by atoms with van der Waals surface area (Å²) in [5, 5.41) is 7.09. The highest BCUT2D eigenvalue weighted by molar-refractivity contribution is 8.00. The van der Waals surface area contributed by atoms with Crippen LogP contribution in [0.4, 0.5) is 5.69 Å². The molecule has 3 rings (SSSR count). The van der Waals surface area contributed by atoms with Crippen LogP contribution in [0.2, 0.25) is 0 Å². The van der Waals surface area contributed by atoms with Crippen molar-refractivity contribution in [3.05, 3.63) is 29.8 Å². The number of hydrogen-bond donors (Lipinski definition) is 2. The van der Waals surface area contributed by atoms with Gasteiger partial charge in [-0.05, 0) is 36.5 Å². The quantitative estimate of drug-likeness (QED) is 0.583. The number of ether oxygens (including phenoxy) is 1. The average molecular weight is 405 g/mol. The Morgan fingerprint density at radius 2 is 2.29 bits per heavy atom. The fourth-order valence-electron chi connectivity index (χ4n) is 3.55. The summed E-state index contributed by atoms with van der Waals surface area (Å²) < 4.78 is 5.46. The standard InChI is InChI=1S/C21H32N4O2S/c1-15(2)19-14-25(9-11-28-19)21(22-3)23-13-16-6-4-7-17(12-16)24-20(26)18-8-5-10-27-18/h4,6-7,12,15,18-19H,5,8-11,13-14H2,1-3H3,(H,22,23)(H,24,26). The summed E-state index contributed by atoms with van der Waals surface area (Å²) in [5.41, 5.74) is 1.92. The van der Waals surface area contributed by atoms with Gasteiger partial charge < -0.3 is 20.3 Å². The molecule has 0 radical (unpaired) electrons. The number of benzene rings is 1. The first kappa shape index (κ1) is 21.0. The third kappa shape index (κ3) is 5.64. The van der Waals surface area contributed by atoms with E-state index in [0.29, 0.717) is 24.3 Å². The third-order valence-electron chi connectivity index (χ3n) is 5.22. The van der Waals surface area contributed by atoms with Gasteiger partial charge in [-0.15, -0.1) is 0 Å². The van der Waals surface area contributed by atoms with Crippen molar-refractivity contribution >= 4 is 29.3 Å². The largest absolute Gasteiger partial charge is 0.368 e. The van der Waals surface area contributed by atoms with Crippen molar-refractivity contribution in [3.8, 4) is 0 Å². The second-order valence-electron chi connectivity index (χ2n) is 7.69. The number of nitrogens with one attached hydrogen (secondary N) is 2. The zero-order valence-corrected chi connectivity index (χ0v) is 17.9. The van der Waals surface area contributed by atoms with E-state index in [0.717, 1.165) is 48.9 Å². The molecule has 0 aliphatic carbocycles. The summed E-state index contributed by atoms with van der Waals surface area (Å²) in [5.74, 6) is 2.69. The molecule has 1 aromatic carbocycles. The molecule has 2 N–H and O–H groups in total. The lowest BCUT2D eigenvalue weighted by Gasteiger charge is -2.36. The predicted molar refractivity (Wildman–Crippen MR) is 117 cm³/mol. The van der Waals surface area contributed by atoms with Crippen LogP contribution < -0.4 is 10.6 Å². The maximum atomic E-state index is 12.3. The molecule has 2 aliphatic rings. The number of amides is 1. The van der Waals surface area contributed by atoms with Gasteiger partial charge in [-0.1, -0.05) is 26.0 Å². The van der Waals surface area contributed by atoms with Crippen molar-refractivity contribution in [2.45, 2.75) is 44.6 Å². The molecule has 1 aromatic rings. The van der Waals surface area contributed by atoms with Gasteiger partial charge in [0, 0.05) is 50.0 Å². The van der Waals surface area contributed by atoms with E-state index in [2.05, 4.69) is 52.2 Å². The number of guanidine groups is 1. The Bertz CT molecular complexity index is 689. The Balaban J connectivity index is 1.55. The number of rotatable bonds is 5. The van der Waals surface area contributed by atoms with Crippen molar-refractivity contribution in [1.29, 1.82) is 0 Å². The Kier molecular flexibility index (Phi) is 7.62. The van der Waals surface area contributed by atoms with Crippen molar-refractivity contribution in [3.63, 3.8) is 0 Å². The van der Waals surface area contributed by atoms with Crippen LogP contribution in [0.15, 0.2) is 29.3 Å². The van der Waals surface area contributed by atoms with E-state index in [1.807, 2.05) is 25.2 Å². The van der Waals surface area contributed by atoms with Crippen LogP contribution in [0.25, 0.3) is 0 Å². The molecule has 154 valence electrons. The van der Waals surface area contributed by atoms with Crippen LogP contribution in [0.3, 0.4) is 0 Å². The van der Waals surface area contributed by atoms with Crippen LogP contribution in [-0.4, -0.2) is 60.6 Å². The summed E-state index contributed by atoms with van der Waals surface area (Å²) >= 11 is 2.06. The molecule has 2 heterocycles.